The molecule has 0 spiro atoms. The SMILES string of the molecule is CC(C)c1nc(Cc2cc(F)cc(F)c2)nc(N)c1Br. The maximum Gasteiger partial charge on any atom is 0.141 e. The molecule has 0 atom stereocenters. The molecule has 2 N–H and O–H groups in total. The van der Waals surface area contributed by atoms with Gasteiger partial charge in [0.2, 0.25) is 0 Å². The molecule has 1 aromatic carbocycles. The largest absolute Gasteiger partial charge is 0.383 e. The Morgan fingerprint density at radius 2 is 1.75 bits per heavy atom. The van der Waals surface area contributed by atoms with E-state index in [2.05, 4.69) is 25.9 Å². The third-order valence-corrected chi connectivity index (χ3v) is 3.59. The molecule has 0 fully saturated rings. The smallest absolute Gasteiger partial charge is 0.141 e. The Labute approximate surface area is 124 Å². The van der Waals surface area contributed by atoms with Crippen molar-refractivity contribution in [2.24, 2.45) is 0 Å². The van der Waals surface area contributed by atoms with Crippen LogP contribution in [0, 0.1) is 11.6 Å². The summed E-state index contributed by atoms with van der Waals surface area (Å²) in [6, 6.07) is 3.36. The van der Waals surface area contributed by atoms with E-state index in [0.717, 1.165) is 11.8 Å². The lowest BCUT2D eigenvalue weighted by molar-refractivity contribution is 0.580. The molecule has 1 heterocycles. The van der Waals surface area contributed by atoms with E-state index < -0.39 is 11.6 Å². The molecule has 0 aliphatic heterocycles. The second-order valence-corrected chi connectivity index (χ2v) is 5.63. The fourth-order valence-electron chi connectivity index (χ4n) is 1.89. The normalized spacial score (nSPS) is 11.1. The summed E-state index contributed by atoms with van der Waals surface area (Å²) in [5.74, 6) is -0.295. The number of nitrogens with two attached hydrogens (primary N) is 1. The van der Waals surface area contributed by atoms with Crippen LogP contribution >= 0.6 is 15.9 Å². The highest BCUT2D eigenvalue weighted by Crippen LogP contribution is 2.27. The van der Waals surface area contributed by atoms with Gasteiger partial charge in [0.15, 0.2) is 0 Å². The summed E-state index contributed by atoms with van der Waals surface area (Å²) < 4.78 is 27.0. The van der Waals surface area contributed by atoms with Crippen molar-refractivity contribution in [2.75, 3.05) is 5.73 Å². The number of nitrogen functional groups attached to an aromatic ring is 1. The van der Waals surface area contributed by atoms with Gasteiger partial charge >= 0.3 is 0 Å². The second kappa shape index (κ2) is 5.83. The van der Waals surface area contributed by atoms with Gasteiger partial charge in [0.25, 0.3) is 0 Å². The lowest BCUT2D eigenvalue weighted by Gasteiger charge is -2.11. The van der Waals surface area contributed by atoms with Crippen LogP contribution in [0.5, 0.6) is 0 Å². The number of benzene rings is 1. The van der Waals surface area contributed by atoms with Crippen molar-refractivity contribution in [3.8, 4) is 0 Å². The molecule has 0 bridgehead atoms. The first-order valence-electron chi connectivity index (χ1n) is 6.13. The van der Waals surface area contributed by atoms with Crippen LogP contribution in [0.3, 0.4) is 0 Å². The van der Waals surface area contributed by atoms with Crippen LogP contribution in [0.2, 0.25) is 0 Å². The van der Waals surface area contributed by atoms with E-state index in [1.165, 1.54) is 12.1 Å². The highest BCUT2D eigenvalue weighted by Gasteiger charge is 2.14. The van der Waals surface area contributed by atoms with Crippen molar-refractivity contribution in [3.63, 3.8) is 0 Å². The van der Waals surface area contributed by atoms with E-state index in [0.29, 0.717) is 21.7 Å². The third-order valence-electron chi connectivity index (χ3n) is 2.78. The van der Waals surface area contributed by atoms with E-state index >= 15 is 0 Å². The van der Waals surface area contributed by atoms with Gasteiger partial charge in [-0.3, -0.25) is 0 Å². The van der Waals surface area contributed by atoms with Crippen molar-refractivity contribution in [1.29, 1.82) is 0 Å². The number of rotatable bonds is 3. The molecule has 0 amide bonds. The van der Waals surface area contributed by atoms with Crippen LogP contribution in [-0.2, 0) is 6.42 Å². The predicted octanol–water partition coefficient (Wildman–Crippen LogP) is 3.81. The Balaban J connectivity index is 2.38. The number of nitrogens with zero attached hydrogens (tertiary/aromatic N) is 2. The van der Waals surface area contributed by atoms with Gasteiger partial charge in [0, 0.05) is 12.5 Å². The summed E-state index contributed by atoms with van der Waals surface area (Å²) in [5, 5.41) is 0. The zero-order valence-electron chi connectivity index (χ0n) is 11.1. The minimum atomic E-state index is -0.617. The summed E-state index contributed by atoms with van der Waals surface area (Å²) in [4.78, 5) is 8.55. The van der Waals surface area contributed by atoms with Crippen molar-refractivity contribution in [3.05, 3.63) is 51.4 Å². The monoisotopic (exact) mass is 341 g/mol. The number of hydrogen-bond acceptors (Lipinski definition) is 3. The van der Waals surface area contributed by atoms with Gasteiger partial charge in [0.1, 0.15) is 23.3 Å². The van der Waals surface area contributed by atoms with Gasteiger partial charge in [0.05, 0.1) is 10.2 Å². The molecule has 0 aliphatic rings. The summed E-state index contributed by atoms with van der Waals surface area (Å²) in [6.07, 6.45) is 0.228. The van der Waals surface area contributed by atoms with Crippen molar-refractivity contribution < 1.29 is 8.78 Å². The van der Waals surface area contributed by atoms with E-state index in [1.54, 1.807) is 0 Å². The van der Waals surface area contributed by atoms with Gasteiger partial charge in [-0.15, -0.1) is 0 Å². The average Bonchev–Trinajstić information content (AvgIpc) is 2.31. The fraction of sp³-hybridized carbons (Fsp3) is 0.286. The van der Waals surface area contributed by atoms with E-state index in [9.17, 15) is 8.78 Å². The fourth-order valence-corrected chi connectivity index (χ4v) is 2.52. The molecule has 0 saturated heterocycles. The van der Waals surface area contributed by atoms with E-state index in [1.807, 2.05) is 13.8 Å². The van der Waals surface area contributed by atoms with E-state index in [4.69, 9.17) is 5.73 Å². The highest BCUT2D eigenvalue weighted by molar-refractivity contribution is 9.10. The molecule has 2 rings (SSSR count). The molecule has 0 unspecified atom stereocenters. The Morgan fingerprint density at radius 1 is 1.15 bits per heavy atom. The van der Waals surface area contributed by atoms with Crippen molar-refractivity contribution in [2.45, 2.75) is 26.2 Å². The maximum absolute atomic E-state index is 13.2. The van der Waals surface area contributed by atoms with Crippen LogP contribution in [0.15, 0.2) is 22.7 Å². The Morgan fingerprint density at radius 3 is 2.30 bits per heavy atom. The summed E-state index contributed by atoms with van der Waals surface area (Å²) in [5.41, 5.74) is 7.08. The molecule has 1 aromatic heterocycles. The second-order valence-electron chi connectivity index (χ2n) is 4.83. The first-order chi connectivity index (χ1) is 9.36. The molecule has 106 valence electrons. The van der Waals surface area contributed by atoms with Gasteiger partial charge in [-0.1, -0.05) is 13.8 Å². The quantitative estimate of drug-likeness (QED) is 0.923. The number of hydrogen-bond donors (Lipinski definition) is 1. The number of anilines is 1. The molecule has 6 heteroatoms. The van der Waals surface area contributed by atoms with Crippen molar-refractivity contribution in [1.82, 2.24) is 9.97 Å². The molecular weight excluding hydrogens is 328 g/mol. The summed E-state index contributed by atoms with van der Waals surface area (Å²) in [7, 11) is 0. The zero-order valence-corrected chi connectivity index (χ0v) is 12.7. The van der Waals surface area contributed by atoms with Crippen molar-refractivity contribution >= 4 is 21.7 Å². The third kappa shape index (κ3) is 3.30. The van der Waals surface area contributed by atoms with E-state index in [-0.39, 0.29) is 12.3 Å². The molecule has 0 saturated carbocycles. The van der Waals surface area contributed by atoms with Crippen LogP contribution in [0.25, 0.3) is 0 Å². The molecular formula is C14H14BrF2N3. The summed E-state index contributed by atoms with van der Waals surface area (Å²) in [6.45, 7) is 3.97. The molecule has 3 nitrogen and oxygen atoms in total. The minimum Gasteiger partial charge on any atom is -0.383 e. The lowest BCUT2D eigenvalue weighted by Crippen LogP contribution is -2.07. The van der Waals surface area contributed by atoms with Gasteiger partial charge < -0.3 is 5.73 Å². The highest BCUT2D eigenvalue weighted by atomic mass is 79.9. The van der Waals surface area contributed by atoms with Crippen LogP contribution in [0.1, 0.15) is 36.8 Å². The van der Waals surface area contributed by atoms with Crippen LogP contribution in [0.4, 0.5) is 14.6 Å². The molecule has 20 heavy (non-hydrogen) atoms. The maximum atomic E-state index is 13.2. The first-order valence-corrected chi connectivity index (χ1v) is 6.93. The zero-order chi connectivity index (χ0) is 14.9. The van der Waals surface area contributed by atoms with Crippen LogP contribution in [-0.4, -0.2) is 9.97 Å². The topological polar surface area (TPSA) is 51.8 Å². The average molecular weight is 342 g/mol. The predicted molar refractivity (Wildman–Crippen MR) is 77.4 cm³/mol. The molecule has 2 aromatic rings. The standard InChI is InChI=1S/C14H14BrF2N3/c1-7(2)13-12(15)14(18)20-11(19-13)5-8-3-9(16)6-10(17)4-8/h3-4,6-7H,5H2,1-2H3,(H2,18,19,20). The number of halogens is 3. The van der Waals surface area contributed by atoms with Crippen LogP contribution < -0.4 is 5.73 Å². The van der Waals surface area contributed by atoms with Gasteiger partial charge in [-0.2, -0.15) is 0 Å². The van der Waals surface area contributed by atoms with Gasteiger partial charge in [-0.05, 0) is 39.5 Å². The summed E-state index contributed by atoms with van der Waals surface area (Å²) >= 11 is 3.35. The Kier molecular flexibility index (Phi) is 4.32. The lowest BCUT2D eigenvalue weighted by atomic mass is 10.1. The first kappa shape index (κ1) is 14.8. The minimum absolute atomic E-state index is 0.165. The Bertz CT molecular complexity index is 624. The Hall–Kier alpha value is -1.56. The van der Waals surface area contributed by atoms with Gasteiger partial charge in [-0.25, -0.2) is 18.7 Å². The molecule has 0 aliphatic carbocycles. The number of aromatic nitrogens is 2. The molecule has 0 radical (unpaired) electrons.